The van der Waals surface area contributed by atoms with Crippen LogP contribution in [0.15, 0.2) is 52.3 Å². The molecule has 1 N–H and O–H groups in total. The van der Waals surface area contributed by atoms with Gasteiger partial charge in [0.05, 0.1) is 5.56 Å². The highest BCUT2D eigenvalue weighted by atomic mass is 127. The molecule has 0 saturated heterocycles. The fraction of sp³-hybridized carbons (Fsp3) is 0. The Kier molecular flexibility index (Phi) is 4.09. The summed E-state index contributed by atoms with van der Waals surface area (Å²) in [5.41, 5.74) is 1.49. The molecule has 0 aliphatic heterocycles. The number of thiophene rings is 1. The van der Waals surface area contributed by atoms with Crippen LogP contribution in [0.5, 0.6) is 0 Å². The van der Waals surface area contributed by atoms with Gasteiger partial charge in [0, 0.05) is 18.4 Å². The van der Waals surface area contributed by atoms with Gasteiger partial charge in [-0.3, -0.25) is 4.79 Å². The predicted octanol–water partition coefficient (Wildman–Crippen LogP) is 5.52. The van der Waals surface area contributed by atoms with Gasteiger partial charge >= 0.3 is 0 Å². The molecule has 1 heterocycles. The second-order valence-electron chi connectivity index (χ2n) is 4.25. The average molecular weight is 458 g/mol. The highest BCUT2D eigenvalue weighted by molar-refractivity contribution is 14.1. The van der Waals surface area contributed by atoms with Crippen LogP contribution in [0, 0.1) is 3.57 Å². The summed E-state index contributed by atoms with van der Waals surface area (Å²) in [6, 6.07) is 13.7. The fourth-order valence-electron chi connectivity index (χ4n) is 1.91. The summed E-state index contributed by atoms with van der Waals surface area (Å²) in [6.45, 7) is 0. The Hall–Kier alpha value is -0.920. The van der Waals surface area contributed by atoms with E-state index in [9.17, 15) is 4.79 Å². The number of halogens is 2. The first-order chi connectivity index (χ1) is 9.63. The van der Waals surface area contributed by atoms with Crippen molar-refractivity contribution in [3.05, 3.63) is 61.5 Å². The lowest BCUT2D eigenvalue weighted by atomic mass is 10.2. The van der Waals surface area contributed by atoms with Crippen LogP contribution in [0.3, 0.4) is 0 Å². The number of hydrogen-bond acceptors (Lipinski definition) is 2. The number of benzene rings is 2. The molecule has 0 bridgehead atoms. The third-order valence-corrected chi connectivity index (χ3v) is 5.22. The molecule has 2 aromatic carbocycles. The SMILES string of the molecule is O=C(Nc1ccc2sccc2c1)c1cc(Br)ccc1I. The molecular weight excluding hydrogens is 449 g/mol. The van der Waals surface area contributed by atoms with E-state index in [4.69, 9.17) is 0 Å². The number of nitrogens with one attached hydrogen (secondary N) is 1. The Balaban J connectivity index is 1.89. The minimum atomic E-state index is -0.0923. The first-order valence-corrected chi connectivity index (χ1v) is 8.62. The zero-order valence-corrected chi connectivity index (χ0v) is 14.8. The molecule has 0 fully saturated rings. The highest BCUT2D eigenvalue weighted by Gasteiger charge is 2.11. The minimum Gasteiger partial charge on any atom is -0.322 e. The molecule has 3 rings (SSSR count). The third kappa shape index (κ3) is 2.89. The fourth-order valence-corrected chi connectivity index (χ4v) is 3.63. The van der Waals surface area contributed by atoms with Crippen LogP contribution in [0.1, 0.15) is 10.4 Å². The van der Waals surface area contributed by atoms with E-state index in [1.807, 2.05) is 41.8 Å². The molecule has 0 aliphatic carbocycles. The molecular formula is C15H9BrINOS. The molecule has 5 heteroatoms. The van der Waals surface area contributed by atoms with Crippen LogP contribution < -0.4 is 5.32 Å². The van der Waals surface area contributed by atoms with E-state index in [-0.39, 0.29) is 5.91 Å². The Labute approximate surface area is 142 Å². The Morgan fingerprint density at radius 1 is 1.15 bits per heavy atom. The van der Waals surface area contributed by atoms with Gasteiger partial charge in [-0.15, -0.1) is 11.3 Å². The van der Waals surface area contributed by atoms with Gasteiger partial charge in [-0.2, -0.15) is 0 Å². The van der Waals surface area contributed by atoms with Crippen LogP contribution in [0.2, 0.25) is 0 Å². The first kappa shape index (κ1) is 14.0. The Morgan fingerprint density at radius 3 is 2.85 bits per heavy atom. The van der Waals surface area contributed by atoms with Crippen molar-refractivity contribution in [2.75, 3.05) is 5.32 Å². The summed E-state index contributed by atoms with van der Waals surface area (Å²) >= 11 is 7.26. The molecule has 0 unspecified atom stereocenters. The normalized spacial score (nSPS) is 10.7. The monoisotopic (exact) mass is 457 g/mol. The number of hydrogen-bond donors (Lipinski definition) is 1. The maximum absolute atomic E-state index is 12.3. The summed E-state index contributed by atoms with van der Waals surface area (Å²) in [4.78, 5) is 12.3. The number of rotatable bonds is 2. The number of carbonyl (C=O) groups excluding carboxylic acids is 1. The van der Waals surface area contributed by atoms with Crippen molar-refractivity contribution in [3.8, 4) is 0 Å². The van der Waals surface area contributed by atoms with Gasteiger partial charge in [-0.05, 0) is 75.8 Å². The number of amides is 1. The molecule has 0 radical (unpaired) electrons. The molecule has 0 atom stereocenters. The maximum atomic E-state index is 12.3. The summed E-state index contributed by atoms with van der Waals surface area (Å²) in [7, 11) is 0. The first-order valence-electron chi connectivity index (χ1n) is 5.87. The quantitative estimate of drug-likeness (QED) is 0.504. The Bertz CT molecular complexity index is 799. The molecule has 20 heavy (non-hydrogen) atoms. The summed E-state index contributed by atoms with van der Waals surface area (Å²) in [6.07, 6.45) is 0. The van der Waals surface area contributed by atoms with Crippen molar-refractivity contribution in [2.45, 2.75) is 0 Å². The molecule has 3 aromatic rings. The van der Waals surface area contributed by atoms with Crippen LogP contribution >= 0.6 is 49.9 Å². The van der Waals surface area contributed by atoms with Crippen molar-refractivity contribution >= 4 is 71.5 Å². The second-order valence-corrected chi connectivity index (χ2v) is 7.28. The second kappa shape index (κ2) is 5.83. The van der Waals surface area contributed by atoms with Gasteiger partial charge in [-0.1, -0.05) is 15.9 Å². The molecule has 1 aromatic heterocycles. The zero-order chi connectivity index (χ0) is 14.1. The summed E-state index contributed by atoms with van der Waals surface area (Å²) in [5.74, 6) is -0.0923. The van der Waals surface area contributed by atoms with Crippen molar-refractivity contribution in [1.82, 2.24) is 0 Å². The molecule has 0 aliphatic rings. The number of fused-ring (bicyclic) bond motifs is 1. The van der Waals surface area contributed by atoms with Gasteiger partial charge in [0.1, 0.15) is 0 Å². The molecule has 0 saturated carbocycles. The van der Waals surface area contributed by atoms with Crippen LogP contribution in [0.25, 0.3) is 10.1 Å². The van der Waals surface area contributed by atoms with E-state index >= 15 is 0 Å². The zero-order valence-electron chi connectivity index (χ0n) is 10.2. The van der Waals surface area contributed by atoms with Crippen molar-refractivity contribution in [3.63, 3.8) is 0 Å². The maximum Gasteiger partial charge on any atom is 0.256 e. The van der Waals surface area contributed by atoms with E-state index in [1.54, 1.807) is 11.3 Å². The van der Waals surface area contributed by atoms with E-state index < -0.39 is 0 Å². The van der Waals surface area contributed by atoms with Crippen molar-refractivity contribution in [1.29, 1.82) is 0 Å². The lowest BCUT2D eigenvalue weighted by molar-refractivity contribution is 0.102. The largest absolute Gasteiger partial charge is 0.322 e. The van der Waals surface area contributed by atoms with Gasteiger partial charge < -0.3 is 5.32 Å². The van der Waals surface area contributed by atoms with Gasteiger partial charge in [-0.25, -0.2) is 0 Å². The topological polar surface area (TPSA) is 29.1 Å². The van der Waals surface area contributed by atoms with Crippen molar-refractivity contribution in [2.24, 2.45) is 0 Å². The summed E-state index contributed by atoms with van der Waals surface area (Å²) < 4.78 is 3.05. The van der Waals surface area contributed by atoms with Crippen LogP contribution in [-0.2, 0) is 0 Å². The molecule has 100 valence electrons. The number of carbonyl (C=O) groups is 1. The van der Waals surface area contributed by atoms with Crippen LogP contribution in [0.4, 0.5) is 5.69 Å². The van der Waals surface area contributed by atoms with Crippen LogP contribution in [-0.4, -0.2) is 5.91 Å². The average Bonchev–Trinajstić information content (AvgIpc) is 2.89. The standard InChI is InChI=1S/C15H9BrINOS/c16-10-1-3-13(17)12(8-10)15(19)18-11-2-4-14-9(7-11)5-6-20-14/h1-8H,(H,18,19). The van der Waals surface area contributed by atoms with Crippen molar-refractivity contribution < 1.29 is 4.79 Å². The highest BCUT2D eigenvalue weighted by Crippen LogP contribution is 2.25. The molecule has 2 nitrogen and oxygen atoms in total. The van der Waals surface area contributed by atoms with Gasteiger partial charge in [0.2, 0.25) is 0 Å². The predicted molar refractivity (Wildman–Crippen MR) is 96.6 cm³/mol. The van der Waals surface area contributed by atoms with E-state index in [0.29, 0.717) is 5.56 Å². The van der Waals surface area contributed by atoms with Gasteiger partial charge in [0.15, 0.2) is 0 Å². The van der Waals surface area contributed by atoms with E-state index in [2.05, 4.69) is 49.9 Å². The molecule has 1 amide bonds. The minimum absolute atomic E-state index is 0.0923. The lowest BCUT2D eigenvalue weighted by Crippen LogP contribution is -2.13. The van der Waals surface area contributed by atoms with E-state index in [0.717, 1.165) is 19.1 Å². The smallest absolute Gasteiger partial charge is 0.256 e. The van der Waals surface area contributed by atoms with Gasteiger partial charge in [0.25, 0.3) is 5.91 Å². The summed E-state index contributed by atoms with van der Waals surface area (Å²) in [5, 5.41) is 6.15. The Morgan fingerprint density at radius 2 is 2.00 bits per heavy atom. The number of anilines is 1. The molecule has 0 spiro atoms. The van der Waals surface area contributed by atoms with E-state index in [1.165, 1.54) is 4.70 Å². The lowest BCUT2D eigenvalue weighted by Gasteiger charge is -2.07. The third-order valence-electron chi connectivity index (χ3n) is 2.88.